The average Bonchev–Trinajstić information content (AvgIpc) is 2.35. The summed E-state index contributed by atoms with van der Waals surface area (Å²) >= 11 is 0. The van der Waals surface area contributed by atoms with E-state index in [0.29, 0.717) is 13.1 Å². The molecule has 0 amide bonds. The van der Waals surface area contributed by atoms with E-state index in [1.54, 1.807) is 6.07 Å². The van der Waals surface area contributed by atoms with Crippen LogP contribution >= 0.6 is 0 Å². The number of nitrogens with zero attached hydrogens (tertiary/aromatic N) is 1. The minimum Gasteiger partial charge on any atom is -0.313 e. The van der Waals surface area contributed by atoms with E-state index in [0.717, 1.165) is 12.1 Å². The van der Waals surface area contributed by atoms with E-state index in [2.05, 4.69) is 5.32 Å². The van der Waals surface area contributed by atoms with Gasteiger partial charge in [0.2, 0.25) is 10.0 Å². The van der Waals surface area contributed by atoms with E-state index in [-0.39, 0.29) is 10.8 Å². The van der Waals surface area contributed by atoms with E-state index < -0.39 is 15.8 Å². The van der Waals surface area contributed by atoms with Gasteiger partial charge in [-0.15, -0.1) is 0 Å². The lowest BCUT2D eigenvalue weighted by Crippen LogP contribution is -2.31. The molecule has 1 rings (SSSR count). The smallest absolute Gasteiger partial charge is 0.245 e. The predicted molar refractivity (Wildman–Crippen MR) is 78.4 cm³/mol. The van der Waals surface area contributed by atoms with Gasteiger partial charge in [-0.3, -0.25) is 0 Å². The standard InChI is InChI=1S/C14H23FN2O2S/c1-5-16-9-12-6-7-14(13(15)8-12)20(18,19)17(4)10-11(2)3/h6-8,11,16H,5,9-10H2,1-4H3. The number of benzene rings is 1. The molecule has 4 nitrogen and oxygen atoms in total. The zero-order chi connectivity index (χ0) is 15.3. The van der Waals surface area contributed by atoms with Crippen LogP contribution < -0.4 is 5.32 Å². The fourth-order valence-electron chi connectivity index (χ4n) is 1.91. The topological polar surface area (TPSA) is 49.4 Å². The maximum atomic E-state index is 14.0. The van der Waals surface area contributed by atoms with Crippen molar-refractivity contribution in [3.05, 3.63) is 29.6 Å². The second-order valence-corrected chi connectivity index (χ2v) is 7.24. The number of hydrogen-bond acceptors (Lipinski definition) is 3. The van der Waals surface area contributed by atoms with Gasteiger partial charge < -0.3 is 5.32 Å². The minimum atomic E-state index is -3.76. The molecule has 6 heteroatoms. The average molecular weight is 302 g/mol. The van der Waals surface area contributed by atoms with Crippen molar-refractivity contribution in [3.8, 4) is 0 Å². The third-order valence-corrected chi connectivity index (χ3v) is 4.74. The summed E-state index contributed by atoms with van der Waals surface area (Å²) in [5.74, 6) is -0.512. The molecule has 0 saturated carbocycles. The van der Waals surface area contributed by atoms with Crippen LogP contribution in [0.1, 0.15) is 26.3 Å². The molecule has 0 radical (unpaired) electrons. The quantitative estimate of drug-likeness (QED) is 0.840. The molecule has 0 spiro atoms. The Hall–Kier alpha value is -0.980. The highest BCUT2D eigenvalue weighted by Crippen LogP contribution is 2.20. The van der Waals surface area contributed by atoms with Gasteiger partial charge in [0, 0.05) is 20.1 Å². The van der Waals surface area contributed by atoms with Gasteiger partial charge in [0.25, 0.3) is 0 Å². The van der Waals surface area contributed by atoms with Crippen molar-refractivity contribution in [2.24, 2.45) is 5.92 Å². The molecule has 0 aliphatic rings. The third-order valence-electron chi connectivity index (χ3n) is 2.89. The van der Waals surface area contributed by atoms with Gasteiger partial charge in [-0.05, 0) is 30.2 Å². The lowest BCUT2D eigenvalue weighted by molar-refractivity contribution is 0.414. The molecule has 114 valence electrons. The molecule has 1 N–H and O–H groups in total. The first-order chi connectivity index (χ1) is 9.28. The molecule has 0 unspecified atom stereocenters. The van der Waals surface area contributed by atoms with Crippen LogP contribution in [0.3, 0.4) is 0 Å². The monoisotopic (exact) mass is 302 g/mol. The summed E-state index contributed by atoms with van der Waals surface area (Å²) in [6.07, 6.45) is 0. The molecule has 0 fully saturated rings. The highest BCUT2D eigenvalue weighted by molar-refractivity contribution is 7.89. The van der Waals surface area contributed by atoms with Crippen molar-refractivity contribution in [2.45, 2.75) is 32.2 Å². The molecule has 0 heterocycles. The molecular formula is C14H23FN2O2S. The first-order valence-corrected chi connectivity index (χ1v) is 8.18. The summed E-state index contributed by atoms with van der Waals surface area (Å²) in [7, 11) is -2.29. The second-order valence-electron chi connectivity index (χ2n) is 5.22. The Morgan fingerprint density at radius 3 is 2.50 bits per heavy atom. The highest BCUT2D eigenvalue weighted by Gasteiger charge is 2.24. The second kappa shape index (κ2) is 7.15. The number of hydrogen-bond donors (Lipinski definition) is 1. The van der Waals surface area contributed by atoms with Crippen LogP contribution in [-0.2, 0) is 16.6 Å². The largest absolute Gasteiger partial charge is 0.313 e. The first-order valence-electron chi connectivity index (χ1n) is 6.74. The predicted octanol–water partition coefficient (Wildman–Crippen LogP) is 2.21. The molecule has 1 aromatic carbocycles. The zero-order valence-corrected chi connectivity index (χ0v) is 13.3. The van der Waals surface area contributed by atoms with Gasteiger partial charge in [-0.25, -0.2) is 17.1 Å². The molecule has 0 atom stereocenters. The van der Waals surface area contributed by atoms with Crippen molar-refractivity contribution in [2.75, 3.05) is 20.1 Å². The molecular weight excluding hydrogens is 279 g/mol. The molecule has 20 heavy (non-hydrogen) atoms. The van der Waals surface area contributed by atoms with Crippen LogP contribution in [-0.4, -0.2) is 32.9 Å². The molecule has 1 aromatic rings. The summed E-state index contributed by atoms with van der Waals surface area (Å²) in [6.45, 7) is 7.45. The Labute approximate surface area is 121 Å². The van der Waals surface area contributed by atoms with Gasteiger partial charge in [-0.2, -0.15) is 0 Å². The van der Waals surface area contributed by atoms with Crippen molar-refractivity contribution in [1.82, 2.24) is 9.62 Å². The number of nitrogens with one attached hydrogen (secondary N) is 1. The Morgan fingerprint density at radius 1 is 1.35 bits per heavy atom. The first kappa shape index (κ1) is 17.1. The lowest BCUT2D eigenvalue weighted by Gasteiger charge is -2.19. The summed E-state index contributed by atoms with van der Waals surface area (Å²) < 4.78 is 39.8. The highest BCUT2D eigenvalue weighted by atomic mass is 32.2. The van der Waals surface area contributed by atoms with Gasteiger partial charge >= 0.3 is 0 Å². The Bertz CT molecular complexity index is 544. The maximum Gasteiger partial charge on any atom is 0.245 e. The summed E-state index contributed by atoms with van der Waals surface area (Å²) in [5, 5.41) is 3.07. The summed E-state index contributed by atoms with van der Waals surface area (Å²) in [4.78, 5) is -0.263. The normalized spacial score (nSPS) is 12.3. The zero-order valence-electron chi connectivity index (χ0n) is 12.5. The summed E-state index contributed by atoms with van der Waals surface area (Å²) in [6, 6.07) is 4.26. The van der Waals surface area contributed by atoms with E-state index in [1.807, 2.05) is 20.8 Å². The molecule has 0 aliphatic carbocycles. The van der Waals surface area contributed by atoms with Gasteiger partial charge in [0.15, 0.2) is 0 Å². The van der Waals surface area contributed by atoms with E-state index in [1.165, 1.54) is 23.5 Å². The van der Waals surface area contributed by atoms with E-state index in [4.69, 9.17) is 0 Å². The lowest BCUT2D eigenvalue weighted by atomic mass is 10.2. The minimum absolute atomic E-state index is 0.186. The van der Waals surface area contributed by atoms with E-state index >= 15 is 0 Å². The molecule has 0 bridgehead atoms. The Kier molecular flexibility index (Phi) is 6.10. The fourth-order valence-corrected chi connectivity index (χ4v) is 3.29. The van der Waals surface area contributed by atoms with E-state index in [9.17, 15) is 12.8 Å². The van der Waals surface area contributed by atoms with Gasteiger partial charge in [0.1, 0.15) is 10.7 Å². The van der Waals surface area contributed by atoms with Gasteiger partial charge in [-0.1, -0.05) is 26.8 Å². The van der Waals surface area contributed by atoms with Crippen molar-refractivity contribution in [3.63, 3.8) is 0 Å². The number of halogens is 1. The fraction of sp³-hybridized carbons (Fsp3) is 0.571. The molecule has 0 aromatic heterocycles. The van der Waals surface area contributed by atoms with Crippen LogP contribution in [0.4, 0.5) is 4.39 Å². The SMILES string of the molecule is CCNCc1ccc(S(=O)(=O)N(C)CC(C)C)c(F)c1. The van der Waals surface area contributed by atoms with Crippen molar-refractivity contribution < 1.29 is 12.8 Å². The number of rotatable bonds is 7. The maximum absolute atomic E-state index is 14.0. The van der Waals surface area contributed by atoms with Crippen molar-refractivity contribution in [1.29, 1.82) is 0 Å². The van der Waals surface area contributed by atoms with Crippen LogP contribution in [0, 0.1) is 11.7 Å². The molecule has 0 aliphatic heterocycles. The van der Waals surface area contributed by atoms with Crippen molar-refractivity contribution >= 4 is 10.0 Å². The summed E-state index contributed by atoms with van der Waals surface area (Å²) in [5.41, 5.74) is 0.731. The van der Waals surface area contributed by atoms with Crippen LogP contribution in [0.15, 0.2) is 23.1 Å². The van der Waals surface area contributed by atoms with Crippen LogP contribution in [0.5, 0.6) is 0 Å². The Morgan fingerprint density at radius 2 is 2.00 bits per heavy atom. The Balaban J connectivity index is 3.01. The third kappa shape index (κ3) is 4.26. The van der Waals surface area contributed by atoms with Crippen LogP contribution in [0.2, 0.25) is 0 Å². The molecule has 0 saturated heterocycles. The number of sulfonamides is 1. The van der Waals surface area contributed by atoms with Gasteiger partial charge in [0.05, 0.1) is 0 Å². The van der Waals surface area contributed by atoms with Crippen LogP contribution in [0.25, 0.3) is 0 Å².